The van der Waals surface area contributed by atoms with Crippen molar-refractivity contribution in [2.24, 2.45) is 35.5 Å². The van der Waals surface area contributed by atoms with Crippen molar-refractivity contribution in [1.29, 1.82) is 0 Å². The number of hydrogen-bond donors (Lipinski definition) is 0. The highest BCUT2D eigenvalue weighted by Gasteiger charge is 2.41. The Morgan fingerprint density at radius 1 is 0.323 bits per heavy atom. The van der Waals surface area contributed by atoms with Gasteiger partial charge in [0, 0.05) is 46.1 Å². The van der Waals surface area contributed by atoms with Crippen LogP contribution in [0.15, 0.2) is 48.5 Å². The molecule has 0 aliphatic carbocycles. The zero-order chi connectivity index (χ0) is 44.2. The minimum atomic E-state index is -0.194. The molecule has 6 heteroatoms. The maximum absolute atomic E-state index is 14.8. The number of amides is 4. The lowest BCUT2D eigenvalue weighted by Crippen LogP contribution is -2.46. The summed E-state index contributed by atoms with van der Waals surface area (Å²) in [5.41, 5.74) is 2.34. The van der Waals surface area contributed by atoms with Gasteiger partial charge in [0.2, 0.25) is 0 Å². The van der Waals surface area contributed by atoms with Crippen molar-refractivity contribution in [2.45, 2.75) is 158 Å². The summed E-state index contributed by atoms with van der Waals surface area (Å²) in [6, 6.07) is 15.9. The van der Waals surface area contributed by atoms with Gasteiger partial charge in [0.1, 0.15) is 0 Å². The standard InChI is InChI=1S/C56H74N2O4/c1-9-17-35(18-10-2)47(36(19-11-3)20-12-4)33-57-53(59)43-29-25-39-41-27-31-45-52-46(32-28-42(50(41)52)40-26-30-44(54(57)60)51(43)49(39)40)56(62)58(55(45)61)34-48(37(21-13-5)22-14-6)38(23-15-7)24-16-8/h25-32,35-38,47-48H,9-24,33-34H2,1-8H3. The first-order valence-corrected chi connectivity index (χ1v) is 25.1. The molecule has 7 rings (SSSR count). The van der Waals surface area contributed by atoms with Crippen molar-refractivity contribution >= 4 is 66.7 Å². The molecule has 2 heterocycles. The first-order valence-electron chi connectivity index (χ1n) is 25.1. The topological polar surface area (TPSA) is 74.8 Å². The normalized spacial score (nSPS) is 14.6. The van der Waals surface area contributed by atoms with Gasteiger partial charge in [-0.1, -0.05) is 182 Å². The van der Waals surface area contributed by atoms with Crippen molar-refractivity contribution in [3.63, 3.8) is 0 Å². The second kappa shape index (κ2) is 20.0. The SMILES string of the molecule is CCCC(CCC)C(CN1C(=O)c2ccc3c4ccc5c6c(ccc(c7ccc(c2c37)C1=O)c64)C(=O)N(CC(C(CCC)CCC)C(CCC)CCC)C5=O)C(CCC)CCC. The van der Waals surface area contributed by atoms with Crippen molar-refractivity contribution < 1.29 is 19.2 Å². The second-order valence-electron chi connectivity index (χ2n) is 19.3. The van der Waals surface area contributed by atoms with E-state index in [9.17, 15) is 19.2 Å². The molecule has 2 aliphatic rings. The number of rotatable bonds is 24. The molecule has 62 heavy (non-hydrogen) atoms. The second-order valence-corrected chi connectivity index (χ2v) is 19.3. The van der Waals surface area contributed by atoms with Crippen LogP contribution < -0.4 is 0 Å². The van der Waals surface area contributed by atoms with Crippen LogP contribution in [0.5, 0.6) is 0 Å². The fourth-order valence-electron chi connectivity index (χ4n) is 12.7. The van der Waals surface area contributed by atoms with E-state index in [1.807, 2.05) is 48.5 Å². The summed E-state index contributed by atoms with van der Waals surface area (Å²) in [7, 11) is 0. The van der Waals surface area contributed by atoms with E-state index in [1.165, 1.54) is 0 Å². The average Bonchev–Trinajstić information content (AvgIpc) is 3.27. The van der Waals surface area contributed by atoms with E-state index in [-0.39, 0.29) is 35.5 Å². The number of hydrogen-bond acceptors (Lipinski definition) is 4. The maximum Gasteiger partial charge on any atom is 0.261 e. The third kappa shape index (κ3) is 8.06. The highest BCUT2D eigenvalue weighted by atomic mass is 16.2. The summed E-state index contributed by atoms with van der Waals surface area (Å²) < 4.78 is 0. The Hall–Kier alpha value is -4.32. The zero-order valence-electron chi connectivity index (χ0n) is 39.3. The van der Waals surface area contributed by atoms with E-state index >= 15 is 0 Å². The predicted molar refractivity (Wildman–Crippen MR) is 259 cm³/mol. The summed E-state index contributed by atoms with van der Waals surface area (Å²) in [6.07, 6.45) is 17.6. The van der Waals surface area contributed by atoms with Crippen LogP contribution in [0.3, 0.4) is 0 Å². The molecule has 0 saturated heterocycles. The van der Waals surface area contributed by atoms with Gasteiger partial charge in [0.05, 0.1) is 0 Å². The van der Waals surface area contributed by atoms with Crippen LogP contribution >= 0.6 is 0 Å². The van der Waals surface area contributed by atoms with Gasteiger partial charge < -0.3 is 0 Å². The van der Waals surface area contributed by atoms with Crippen molar-refractivity contribution in [2.75, 3.05) is 13.1 Å². The van der Waals surface area contributed by atoms with Gasteiger partial charge in [0.15, 0.2) is 0 Å². The van der Waals surface area contributed by atoms with E-state index in [0.29, 0.717) is 59.0 Å². The molecule has 0 N–H and O–H groups in total. The molecule has 0 aromatic heterocycles. The molecule has 5 aromatic carbocycles. The highest BCUT2D eigenvalue weighted by Crippen LogP contribution is 2.47. The van der Waals surface area contributed by atoms with Crippen molar-refractivity contribution in [1.82, 2.24) is 9.80 Å². The van der Waals surface area contributed by atoms with Crippen LogP contribution in [0.4, 0.5) is 0 Å². The number of imide groups is 2. The smallest absolute Gasteiger partial charge is 0.261 e. The van der Waals surface area contributed by atoms with Gasteiger partial charge in [0.25, 0.3) is 23.6 Å². The third-order valence-electron chi connectivity index (χ3n) is 15.3. The fraction of sp³-hybridized carbons (Fsp3) is 0.571. The molecule has 0 fully saturated rings. The lowest BCUT2D eigenvalue weighted by Gasteiger charge is -2.39. The van der Waals surface area contributed by atoms with Crippen molar-refractivity contribution in [3.05, 3.63) is 70.8 Å². The van der Waals surface area contributed by atoms with Crippen LogP contribution in [0.1, 0.15) is 200 Å². The number of benzene rings is 5. The van der Waals surface area contributed by atoms with Crippen LogP contribution in [0.2, 0.25) is 0 Å². The van der Waals surface area contributed by atoms with Crippen LogP contribution in [-0.2, 0) is 0 Å². The molecule has 0 spiro atoms. The first-order chi connectivity index (χ1) is 30.1. The lowest BCUT2D eigenvalue weighted by molar-refractivity contribution is 0.0493. The summed E-state index contributed by atoms with van der Waals surface area (Å²) in [4.78, 5) is 62.2. The molecular formula is C56H74N2O4. The Bertz CT molecular complexity index is 2070. The monoisotopic (exact) mass is 839 g/mol. The van der Waals surface area contributed by atoms with E-state index in [0.717, 1.165) is 146 Å². The van der Waals surface area contributed by atoms with E-state index in [4.69, 9.17) is 0 Å². The summed E-state index contributed by atoms with van der Waals surface area (Å²) >= 11 is 0. The summed E-state index contributed by atoms with van der Waals surface area (Å²) in [5.74, 6) is 1.62. The van der Waals surface area contributed by atoms with Crippen LogP contribution in [0, 0.1) is 35.5 Å². The molecule has 2 aliphatic heterocycles. The Morgan fingerprint density at radius 3 is 0.726 bits per heavy atom. The Labute approximate surface area is 371 Å². The number of nitrogens with zero attached hydrogens (tertiary/aromatic N) is 2. The largest absolute Gasteiger partial charge is 0.274 e. The van der Waals surface area contributed by atoms with Gasteiger partial charge in [-0.05, 0) is 92.1 Å². The average molecular weight is 839 g/mol. The first kappa shape index (κ1) is 45.7. The van der Waals surface area contributed by atoms with Gasteiger partial charge in [-0.15, -0.1) is 0 Å². The minimum Gasteiger partial charge on any atom is -0.274 e. The molecule has 6 nitrogen and oxygen atoms in total. The van der Waals surface area contributed by atoms with Gasteiger partial charge >= 0.3 is 0 Å². The Morgan fingerprint density at radius 2 is 0.532 bits per heavy atom. The Balaban J connectivity index is 1.32. The molecule has 4 amide bonds. The van der Waals surface area contributed by atoms with E-state index in [2.05, 4.69) is 55.4 Å². The lowest BCUT2D eigenvalue weighted by atomic mass is 9.73. The number of carbonyl (C=O) groups excluding carboxylic acids is 4. The molecule has 5 aromatic rings. The van der Waals surface area contributed by atoms with Gasteiger partial charge in [-0.25, -0.2) is 0 Å². The van der Waals surface area contributed by atoms with Crippen LogP contribution in [-0.4, -0.2) is 46.5 Å². The van der Waals surface area contributed by atoms with Crippen molar-refractivity contribution in [3.8, 4) is 0 Å². The molecular weight excluding hydrogens is 765 g/mol. The number of carbonyl (C=O) groups is 4. The summed E-state index contributed by atoms with van der Waals surface area (Å²) in [5, 5.41) is 7.02. The van der Waals surface area contributed by atoms with Gasteiger partial charge in [-0.2, -0.15) is 0 Å². The molecule has 0 unspecified atom stereocenters. The zero-order valence-corrected chi connectivity index (χ0v) is 39.3. The van der Waals surface area contributed by atoms with Crippen LogP contribution in [0.25, 0.3) is 43.1 Å². The fourth-order valence-corrected chi connectivity index (χ4v) is 12.7. The summed E-state index contributed by atoms with van der Waals surface area (Å²) in [6.45, 7) is 18.9. The molecule has 0 radical (unpaired) electrons. The molecule has 0 atom stereocenters. The molecule has 0 bridgehead atoms. The Kier molecular flexibility index (Phi) is 14.8. The third-order valence-corrected chi connectivity index (χ3v) is 15.3. The quantitative estimate of drug-likeness (QED) is 0.0352. The van der Waals surface area contributed by atoms with Gasteiger partial charge in [-0.3, -0.25) is 29.0 Å². The van der Waals surface area contributed by atoms with E-state index in [1.54, 1.807) is 9.80 Å². The minimum absolute atomic E-state index is 0.194. The van der Waals surface area contributed by atoms with E-state index < -0.39 is 0 Å². The molecule has 332 valence electrons. The maximum atomic E-state index is 14.8. The number of fused-ring (bicyclic) bond motifs is 2. The molecule has 0 saturated carbocycles. The highest BCUT2D eigenvalue weighted by molar-refractivity contribution is 6.41. The predicted octanol–water partition coefficient (Wildman–Crippen LogP) is 15.0.